The van der Waals surface area contributed by atoms with Gasteiger partial charge in [-0.25, -0.2) is 0 Å². The van der Waals surface area contributed by atoms with Crippen molar-refractivity contribution in [2.75, 3.05) is 11.4 Å². The van der Waals surface area contributed by atoms with E-state index in [0.717, 1.165) is 18.6 Å². The number of aromatic nitrogens is 1. The first-order valence-corrected chi connectivity index (χ1v) is 8.31. The minimum absolute atomic E-state index is 0.720. The fourth-order valence-electron chi connectivity index (χ4n) is 3.32. The van der Waals surface area contributed by atoms with Crippen molar-refractivity contribution in [3.05, 3.63) is 24.0 Å². The summed E-state index contributed by atoms with van der Waals surface area (Å²) in [6, 6.07) is 3.68. The minimum Gasteiger partial charge on any atom is -0.367 e. The van der Waals surface area contributed by atoms with Gasteiger partial charge in [0, 0.05) is 31.4 Å². The fraction of sp³-hybridized carbons (Fsp3) is 0.706. The van der Waals surface area contributed by atoms with E-state index in [1.165, 1.54) is 62.7 Å². The Morgan fingerprint density at radius 3 is 3.00 bits per heavy atom. The van der Waals surface area contributed by atoms with Crippen molar-refractivity contribution in [2.24, 2.45) is 0 Å². The Morgan fingerprint density at radius 2 is 2.20 bits per heavy atom. The summed E-state index contributed by atoms with van der Waals surface area (Å²) >= 11 is 0. The molecule has 1 saturated heterocycles. The maximum Gasteiger partial charge on any atom is 0.0600 e. The third-order valence-electron chi connectivity index (χ3n) is 4.60. The van der Waals surface area contributed by atoms with Crippen LogP contribution >= 0.6 is 0 Å². The summed E-state index contributed by atoms with van der Waals surface area (Å²) in [7, 11) is 0. The largest absolute Gasteiger partial charge is 0.367 e. The number of hydrogen-bond acceptors (Lipinski definition) is 3. The Hall–Kier alpha value is -1.09. The zero-order valence-electron chi connectivity index (χ0n) is 12.6. The van der Waals surface area contributed by atoms with E-state index in [4.69, 9.17) is 0 Å². The van der Waals surface area contributed by atoms with Crippen LogP contribution in [0.5, 0.6) is 0 Å². The van der Waals surface area contributed by atoms with E-state index in [9.17, 15) is 0 Å². The van der Waals surface area contributed by atoms with Gasteiger partial charge in [0.2, 0.25) is 0 Å². The molecule has 1 atom stereocenters. The van der Waals surface area contributed by atoms with Crippen LogP contribution in [-0.4, -0.2) is 23.6 Å². The van der Waals surface area contributed by atoms with E-state index in [1.54, 1.807) is 0 Å². The van der Waals surface area contributed by atoms with Gasteiger partial charge >= 0.3 is 0 Å². The third-order valence-corrected chi connectivity index (χ3v) is 4.60. The van der Waals surface area contributed by atoms with Crippen molar-refractivity contribution >= 4 is 5.69 Å². The van der Waals surface area contributed by atoms with Crippen molar-refractivity contribution in [1.82, 2.24) is 10.3 Å². The molecule has 20 heavy (non-hydrogen) atoms. The summed E-state index contributed by atoms with van der Waals surface area (Å²) in [6.07, 6.45) is 13.4. The number of hydrogen-bond donors (Lipinski definition) is 1. The molecule has 0 spiro atoms. The normalized spacial score (nSPS) is 23.1. The van der Waals surface area contributed by atoms with Gasteiger partial charge in [-0.15, -0.1) is 0 Å². The molecular formula is C17H27N3. The van der Waals surface area contributed by atoms with Gasteiger partial charge in [0.1, 0.15) is 0 Å². The van der Waals surface area contributed by atoms with Gasteiger partial charge < -0.3 is 10.2 Å². The smallest absolute Gasteiger partial charge is 0.0600 e. The standard InChI is InChI=1S/C17H27N3/c1-2-5-16-6-3-4-11-20(16)17-13-18-10-9-14(17)12-19-15-7-8-15/h9-10,13,15-16,19H,2-8,11-12H2,1H3. The third kappa shape index (κ3) is 3.32. The molecule has 0 bridgehead atoms. The van der Waals surface area contributed by atoms with Gasteiger partial charge in [0.15, 0.2) is 0 Å². The van der Waals surface area contributed by atoms with E-state index >= 15 is 0 Å². The Balaban J connectivity index is 1.75. The SMILES string of the molecule is CCCC1CCCCN1c1cnccc1CNC1CC1. The molecule has 1 aromatic heterocycles. The first-order chi connectivity index (χ1) is 9.88. The second-order valence-corrected chi connectivity index (χ2v) is 6.29. The molecule has 2 aliphatic rings. The lowest BCUT2D eigenvalue weighted by Crippen LogP contribution is -2.40. The van der Waals surface area contributed by atoms with E-state index in [1.807, 2.05) is 6.20 Å². The highest BCUT2D eigenvalue weighted by Gasteiger charge is 2.25. The second kappa shape index (κ2) is 6.57. The Bertz CT molecular complexity index is 426. The van der Waals surface area contributed by atoms with Crippen molar-refractivity contribution in [3.8, 4) is 0 Å². The van der Waals surface area contributed by atoms with Gasteiger partial charge in [-0.3, -0.25) is 4.98 Å². The zero-order valence-corrected chi connectivity index (χ0v) is 12.6. The second-order valence-electron chi connectivity index (χ2n) is 6.29. The fourth-order valence-corrected chi connectivity index (χ4v) is 3.32. The van der Waals surface area contributed by atoms with Crippen LogP contribution in [0.15, 0.2) is 18.5 Å². The summed E-state index contributed by atoms with van der Waals surface area (Å²) in [5, 5.41) is 3.64. The molecule has 1 aliphatic carbocycles. The molecule has 0 aromatic carbocycles. The number of pyridine rings is 1. The molecule has 1 aromatic rings. The van der Waals surface area contributed by atoms with Gasteiger partial charge in [-0.2, -0.15) is 0 Å². The van der Waals surface area contributed by atoms with Crippen molar-refractivity contribution in [2.45, 2.75) is 70.5 Å². The van der Waals surface area contributed by atoms with Crippen LogP contribution in [0.25, 0.3) is 0 Å². The average molecular weight is 273 g/mol. The van der Waals surface area contributed by atoms with E-state index < -0.39 is 0 Å². The highest BCUT2D eigenvalue weighted by atomic mass is 15.2. The lowest BCUT2D eigenvalue weighted by molar-refractivity contribution is 0.433. The Labute approximate surface area is 122 Å². The zero-order chi connectivity index (χ0) is 13.8. The van der Waals surface area contributed by atoms with Crippen LogP contribution in [-0.2, 0) is 6.54 Å². The van der Waals surface area contributed by atoms with E-state index in [2.05, 4.69) is 34.4 Å². The van der Waals surface area contributed by atoms with Gasteiger partial charge in [0.25, 0.3) is 0 Å². The van der Waals surface area contributed by atoms with Crippen LogP contribution in [0.1, 0.15) is 57.4 Å². The van der Waals surface area contributed by atoms with Crippen LogP contribution in [0, 0.1) is 0 Å². The van der Waals surface area contributed by atoms with Gasteiger partial charge in [-0.05, 0) is 50.2 Å². The highest BCUT2D eigenvalue weighted by molar-refractivity contribution is 5.53. The van der Waals surface area contributed by atoms with E-state index in [-0.39, 0.29) is 0 Å². The van der Waals surface area contributed by atoms with Crippen molar-refractivity contribution in [1.29, 1.82) is 0 Å². The first-order valence-electron chi connectivity index (χ1n) is 8.31. The number of rotatable bonds is 6. The molecule has 110 valence electrons. The highest BCUT2D eigenvalue weighted by Crippen LogP contribution is 2.30. The summed E-state index contributed by atoms with van der Waals surface area (Å²) in [6.45, 7) is 4.50. The molecule has 1 N–H and O–H groups in total. The molecule has 3 rings (SSSR count). The predicted molar refractivity (Wildman–Crippen MR) is 84.0 cm³/mol. The topological polar surface area (TPSA) is 28.2 Å². The molecule has 1 saturated carbocycles. The van der Waals surface area contributed by atoms with Gasteiger partial charge in [-0.1, -0.05) is 13.3 Å². The molecule has 3 heteroatoms. The number of nitrogens with one attached hydrogen (secondary N) is 1. The lowest BCUT2D eigenvalue weighted by Gasteiger charge is -2.38. The molecule has 0 radical (unpaired) electrons. The monoisotopic (exact) mass is 273 g/mol. The predicted octanol–water partition coefficient (Wildman–Crippen LogP) is 3.49. The molecule has 2 heterocycles. The Kier molecular flexibility index (Phi) is 4.56. The molecule has 1 aliphatic heterocycles. The molecule has 3 nitrogen and oxygen atoms in total. The number of anilines is 1. The maximum absolute atomic E-state index is 4.39. The Morgan fingerprint density at radius 1 is 1.30 bits per heavy atom. The quantitative estimate of drug-likeness (QED) is 0.860. The van der Waals surface area contributed by atoms with Crippen LogP contribution in [0.4, 0.5) is 5.69 Å². The molecular weight excluding hydrogens is 246 g/mol. The first kappa shape index (κ1) is 13.9. The summed E-state index contributed by atoms with van der Waals surface area (Å²) in [4.78, 5) is 7.02. The van der Waals surface area contributed by atoms with Crippen LogP contribution in [0.3, 0.4) is 0 Å². The summed E-state index contributed by atoms with van der Waals surface area (Å²) in [5.41, 5.74) is 2.80. The molecule has 0 amide bonds. The molecule has 1 unspecified atom stereocenters. The van der Waals surface area contributed by atoms with Crippen molar-refractivity contribution in [3.63, 3.8) is 0 Å². The van der Waals surface area contributed by atoms with Crippen LogP contribution in [0.2, 0.25) is 0 Å². The van der Waals surface area contributed by atoms with E-state index in [0.29, 0.717) is 0 Å². The van der Waals surface area contributed by atoms with Crippen molar-refractivity contribution < 1.29 is 0 Å². The number of nitrogens with zero attached hydrogens (tertiary/aromatic N) is 2. The minimum atomic E-state index is 0.720. The molecule has 2 fully saturated rings. The van der Waals surface area contributed by atoms with Gasteiger partial charge in [0.05, 0.1) is 11.9 Å². The average Bonchev–Trinajstić information content (AvgIpc) is 3.31. The lowest BCUT2D eigenvalue weighted by atomic mass is 9.97. The number of piperidine rings is 1. The maximum atomic E-state index is 4.39. The van der Waals surface area contributed by atoms with Crippen LogP contribution < -0.4 is 10.2 Å². The summed E-state index contributed by atoms with van der Waals surface area (Å²) < 4.78 is 0. The summed E-state index contributed by atoms with van der Waals surface area (Å²) in [5.74, 6) is 0.